The van der Waals surface area contributed by atoms with Crippen LogP contribution >= 0.6 is 0 Å². The fraction of sp³-hybridized carbons (Fsp3) is 0.455. The van der Waals surface area contributed by atoms with Gasteiger partial charge in [-0.3, -0.25) is 0 Å². The highest BCUT2D eigenvalue weighted by Crippen LogP contribution is 2.22. The summed E-state index contributed by atoms with van der Waals surface area (Å²) in [5.74, 6) is -0.386. The molecule has 0 heterocycles. The fourth-order valence-corrected chi connectivity index (χ4v) is 2.06. The summed E-state index contributed by atoms with van der Waals surface area (Å²) in [6.07, 6.45) is 1.00. The lowest BCUT2D eigenvalue weighted by Crippen LogP contribution is -2.20. The van der Waals surface area contributed by atoms with E-state index in [-0.39, 0.29) is 11.3 Å². The van der Waals surface area contributed by atoms with Gasteiger partial charge in [0.25, 0.3) is 0 Å². The molecule has 5 heteroatoms. The molecule has 1 atom stereocenters. The molecule has 0 aromatic heterocycles. The van der Waals surface area contributed by atoms with Gasteiger partial charge < -0.3 is 10.5 Å². The third kappa shape index (κ3) is 3.50. The Morgan fingerprint density at radius 3 is 2.81 bits per heavy atom. The van der Waals surface area contributed by atoms with Crippen molar-refractivity contribution in [3.8, 4) is 5.75 Å². The smallest absolute Gasteiger partial charge is 0.149 e. The van der Waals surface area contributed by atoms with Gasteiger partial charge in [0.15, 0.2) is 0 Å². The van der Waals surface area contributed by atoms with Gasteiger partial charge in [-0.05, 0) is 24.1 Å². The van der Waals surface area contributed by atoms with Crippen molar-refractivity contribution >= 4 is 9.84 Å². The Kier molecular flexibility index (Phi) is 2.45. The minimum Gasteiger partial charge on any atom is -0.496 e. The van der Waals surface area contributed by atoms with Crippen molar-refractivity contribution in [2.75, 3.05) is 19.0 Å². The molecule has 4 nitrogen and oxygen atoms in total. The summed E-state index contributed by atoms with van der Waals surface area (Å²) in [5.41, 5.74) is 6.45. The largest absolute Gasteiger partial charge is 0.496 e. The van der Waals surface area contributed by atoms with Crippen LogP contribution in [0.1, 0.15) is 22.6 Å². The molecule has 0 unspecified atom stereocenters. The van der Waals surface area contributed by atoms with Crippen LogP contribution in [0.5, 0.6) is 5.75 Å². The van der Waals surface area contributed by atoms with Gasteiger partial charge >= 0.3 is 0 Å². The lowest BCUT2D eigenvalue weighted by Gasteiger charge is -2.13. The number of nitrogens with two attached hydrogens (primary N) is 1. The van der Waals surface area contributed by atoms with Crippen molar-refractivity contribution in [3.05, 3.63) is 29.3 Å². The monoisotopic (exact) mass is 247 g/mol. The van der Waals surface area contributed by atoms with Gasteiger partial charge in [-0.15, -0.1) is 0 Å². The molecule has 0 aliphatic rings. The summed E-state index contributed by atoms with van der Waals surface area (Å²) in [7, 11) is -5.99. The van der Waals surface area contributed by atoms with E-state index < -0.39 is 28.6 Å². The number of aryl methyl sites for hydroxylation is 1. The van der Waals surface area contributed by atoms with Crippen LogP contribution in [-0.4, -0.2) is 27.5 Å². The second-order valence-electron chi connectivity index (χ2n) is 3.68. The molecular formula is C11H17NO3S. The van der Waals surface area contributed by atoms with Gasteiger partial charge in [0.2, 0.25) is 0 Å². The molecule has 0 amide bonds. The number of hydrogen-bond donors (Lipinski definition) is 1. The molecule has 0 radical (unpaired) electrons. The van der Waals surface area contributed by atoms with Gasteiger partial charge in [0.1, 0.15) is 15.6 Å². The molecule has 0 aliphatic heterocycles. The summed E-state index contributed by atoms with van der Waals surface area (Å²) in [6, 6.07) is 2.43. The molecular weight excluding hydrogens is 226 g/mol. The fourth-order valence-electron chi connectivity index (χ4n) is 1.33. The number of methoxy groups -OCH3 is 1. The number of sulfone groups is 1. The van der Waals surface area contributed by atoms with Crippen molar-refractivity contribution < 1.29 is 18.6 Å². The maximum atomic E-state index is 11.3. The van der Waals surface area contributed by atoms with Crippen LogP contribution in [-0.2, 0) is 9.84 Å². The first-order chi connectivity index (χ1) is 8.80. The zero-order chi connectivity index (χ0) is 15.8. The van der Waals surface area contributed by atoms with Gasteiger partial charge in [0.05, 0.1) is 18.3 Å². The van der Waals surface area contributed by atoms with E-state index in [4.69, 9.17) is 16.0 Å². The summed E-state index contributed by atoms with van der Waals surface area (Å²) < 4.78 is 56.3. The Balaban J connectivity index is 3.09. The van der Waals surface area contributed by atoms with E-state index in [0.717, 1.165) is 6.26 Å². The highest BCUT2D eigenvalue weighted by molar-refractivity contribution is 7.90. The van der Waals surface area contributed by atoms with E-state index in [1.54, 1.807) is 6.92 Å². The molecule has 1 aromatic rings. The first-order valence-electron chi connectivity index (χ1n) is 6.57. The van der Waals surface area contributed by atoms with E-state index in [0.29, 0.717) is 5.56 Å². The number of ether oxygens (including phenoxy) is 1. The Bertz CT molecular complexity index is 596. The highest BCUT2D eigenvalue weighted by atomic mass is 32.2. The molecule has 0 saturated carbocycles. The summed E-state index contributed by atoms with van der Waals surface area (Å²) in [4.78, 5) is 0. The minimum atomic E-state index is -3.42. The second kappa shape index (κ2) is 4.84. The molecule has 0 spiro atoms. The number of hydrogen-bond acceptors (Lipinski definition) is 4. The Labute approximate surface area is 102 Å². The quantitative estimate of drug-likeness (QED) is 0.863. The number of benzene rings is 1. The van der Waals surface area contributed by atoms with Gasteiger partial charge in [-0.25, -0.2) is 8.42 Å². The zero-order valence-electron chi connectivity index (χ0n) is 13.1. The molecule has 16 heavy (non-hydrogen) atoms. The summed E-state index contributed by atoms with van der Waals surface area (Å²) in [5, 5.41) is 0. The second-order valence-corrected chi connectivity index (χ2v) is 5.82. The third-order valence-corrected chi connectivity index (χ3v) is 2.91. The van der Waals surface area contributed by atoms with Crippen LogP contribution in [0.2, 0.25) is 0 Å². The standard InChI is InChI=1S/C11H17NO3S/c1-8-6-9(4-5-11(8)15-2)10(12)7-16(3,13)14/h4-6,10H,7,12H2,1-3H3/t10-/m1/s1/i2D3,10D. The average Bonchev–Trinajstić information content (AvgIpc) is 2.15. The lowest BCUT2D eigenvalue weighted by atomic mass is 10.1. The van der Waals surface area contributed by atoms with Gasteiger partial charge in [-0.2, -0.15) is 0 Å². The molecule has 0 saturated heterocycles. The normalized spacial score (nSPS) is 19.9. The van der Waals surface area contributed by atoms with Crippen LogP contribution < -0.4 is 10.5 Å². The van der Waals surface area contributed by atoms with Crippen LogP contribution in [0.25, 0.3) is 0 Å². The first-order valence-corrected chi connectivity index (χ1v) is 6.63. The van der Waals surface area contributed by atoms with E-state index in [9.17, 15) is 8.42 Å². The summed E-state index contributed by atoms with van der Waals surface area (Å²) >= 11 is 0. The van der Waals surface area contributed by atoms with E-state index >= 15 is 0 Å². The maximum absolute atomic E-state index is 11.3. The van der Waals surface area contributed by atoms with Crippen LogP contribution in [0, 0.1) is 6.92 Å². The SMILES string of the molecule is [2H]C([2H])([2H])Oc1ccc([C@]([2H])(N)CS(C)(=O)=O)cc1C. The number of rotatable bonds is 4. The van der Waals surface area contributed by atoms with Crippen LogP contribution in [0.15, 0.2) is 18.2 Å². The Morgan fingerprint density at radius 2 is 2.31 bits per heavy atom. The topological polar surface area (TPSA) is 69.4 Å². The van der Waals surface area contributed by atoms with Crippen molar-refractivity contribution in [2.45, 2.75) is 12.9 Å². The zero-order valence-corrected chi connectivity index (χ0v) is 9.97. The molecule has 0 aliphatic carbocycles. The van der Waals surface area contributed by atoms with Crippen molar-refractivity contribution in [1.82, 2.24) is 0 Å². The van der Waals surface area contributed by atoms with E-state index in [2.05, 4.69) is 0 Å². The van der Waals surface area contributed by atoms with E-state index in [1.165, 1.54) is 18.2 Å². The molecule has 0 bridgehead atoms. The van der Waals surface area contributed by atoms with Crippen molar-refractivity contribution in [2.24, 2.45) is 5.73 Å². The minimum absolute atomic E-state index is 0.143. The van der Waals surface area contributed by atoms with Crippen LogP contribution in [0.3, 0.4) is 0 Å². The van der Waals surface area contributed by atoms with Crippen LogP contribution in [0.4, 0.5) is 0 Å². The molecule has 1 aromatic carbocycles. The Hall–Kier alpha value is -1.07. The molecule has 0 fully saturated rings. The molecule has 1 rings (SSSR count). The first kappa shape index (κ1) is 8.08. The molecule has 2 N–H and O–H groups in total. The van der Waals surface area contributed by atoms with Gasteiger partial charge in [-0.1, -0.05) is 12.1 Å². The maximum Gasteiger partial charge on any atom is 0.149 e. The lowest BCUT2D eigenvalue weighted by molar-refractivity contribution is 0.411. The predicted octanol–water partition coefficient (Wildman–Crippen LogP) is 1.05. The van der Waals surface area contributed by atoms with Gasteiger partial charge in [0, 0.05) is 12.3 Å². The third-order valence-electron chi connectivity index (χ3n) is 2.07. The predicted molar refractivity (Wildman–Crippen MR) is 64.4 cm³/mol. The molecule has 90 valence electrons. The summed E-state index contributed by atoms with van der Waals surface area (Å²) in [6.45, 7) is 1.60. The Morgan fingerprint density at radius 1 is 1.62 bits per heavy atom. The van der Waals surface area contributed by atoms with E-state index in [1.807, 2.05) is 0 Å². The average molecular weight is 247 g/mol. The van der Waals surface area contributed by atoms with Crippen molar-refractivity contribution in [1.29, 1.82) is 0 Å². The highest BCUT2D eigenvalue weighted by Gasteiger charge is 2.13. The van der Waals surface area contributed by atoms with Crippen molar-refractivity contribution in [3.63, 3.8) is 0 Å².